The van der Waals surface area contributed by atoms with Gasteiger partial charge in [0.1, 0.15) is 0 Å². The van der Waals surface area contributed by atoms with Crippen LogP contribution in [0, 0.1) is 6.92 Å². The van der Waals surface area contributed by atoms with Crippen molar-refractivity contribution in [1.29, 1.82) is 0 Å². The third kappa shape index (κ3) is 5.74. The molecule has 0 spiro atoms. The van der Waals surface area contributed by atoms with Crippen LogP contribution in [0.2, 0.25) is 0 Å². The molecule has 1 aliphatic carbocycles. The fourth-order valence-electron chi connectivity index (χ4n) is 3.24. The quantitative estimate of drug-likeness (QED) is 0.607. The first-order chi connectivity index (χ1) is 13.1. The number of para-hydroxylation sites is 1. The second-order valence-corrected chi connectivity index (χ2v) is 6.91. The van der Waals surface area contributed by atoms with Crippen LogP contribution in [0.5, 0.6) is 0 Å². The Bertz CT molecular complexity index is 786. The summed E-state index contributed by atoms with van der Waals surface area (Å²) in [5.74, 6) is 0. The third-order valence-electron chi connectivity index (χ3n) is 4.72. The number of urea groups is 2. The van der Waals surface area contributed by atoms with Crippen LogP contribution in [0.3, 0.4) is 0 Å². The smallest absolute Gasteiger partial charge is 0.323 e. The molecule has 2 aromatic carbocycles. The van der Waals surface area contributed by atoms with Gasteiger partial charge < -0.3 is 21.3 Å². The Hall–Kier alpha value is -3.02. The standard InChI is InChI=1S/C21H26N4O2/c1-15-12-13-18(24-20(26)22-16-8-4-2-5-9-16)14-19(15)25-21(27)23-17-10-6-3-7-11-17/h2,4-5,8-9,12-14,17H,3,6-7,10-11H2,1H3,(H2,22,24,26)(H2,23,25,27). The van der Waals surface area contributed by atoms with Gasteiger partial charge in [-0.15, -0.1) is 0 Å². The average Bonchev–Trinajstić information content (AvgIpc) is 2.66. The molecule has 6 nitrogen and oxygen atoms in total. The highest BCUT2D eigenvalue weighted by Crippen LogP contribution is 2.21. The van der Waals surface area contributed by atoms with Gasteiger partial charge in [-0.05, 0) is 49.6 Å². The molecule has 1 fully saturated rings. The van der Waals surface area contributed by atoms with E-state index in [0.29, 0.717) is 17.1 Å². The van der Waals surface area contributed by atoms with E-state index >= 15 is 0 Å². The van der Waals surface area contributed by atoms with Crippen LogP contribution < -0.4 is 21.3 Å². The summed E-state index contributed by atoms with van der Waals surface area (Å²) >= 11 is 0. The summed E-state index contributed by atoms with van der Waals surface area (Å²) in [6, 6.07) is 14.4. The van der Waals surface area contributed by atoms with Crippen molar-refractivity contribution in [2.24, 2.45) is 0 Å². The molecule has 0 bridgehead atoms. The number of hydrogen-bond acceptors (Lipinski definition) is 2. The van der Waals surface area contributed by atoms with E-state index in [1.165, 1.54) is 19.3 Å². The van der Waals surface area contributed by atoms with E-state index in [2.05, 4.69) is 21.3 Å². The highest BCUT2D eigenvalue weighted by atomic mass is 16.2. The molecule has 27 heavy (non-hydrogen) atoms. The molecule has 3 rings (SSSR count). The Balaban J connectivity index is 1.58. The summed E-state index contributed by atoms with van der Waals surface area (Å²) in [5.41, 5.74) is 2.94. The van der Waals surface area contributed by atoms with Crippen LogP contribution >= 0.6 is 0 Å². The van der Waals surface area contributed by atoms with Gasteiger partial charge in [-0.25, -0.2) is 9.59 Å². The molecule has 4 N–H and O–H groups in total. The van der Waals surface area contributed by atoms with Crippen LogP contribution in [-0.4, -0.2) is 18.1 Å². The summed E-state index contributed by atoms with van der Waals surface area (Å²) in [6.07, 6.45) is 5.65. The van der Waals surface area contributed by atoms with Gasteiger partial charge in [0, 0.05) is 23.1 Å². The van der Waals surface area contributed by atoms with Gasteiger partial charge in [-0.2, -0.15) is 0 Å². The zero-order chi connectivity index (χ0) is 19.1. The number of carbonyl (C=O) groups is 2. The van der Waals surface area contributed by atoms with Crippen LogP contribution in [0.1, 0.15) is 37.7 Å². The van der Waals surface area contributed by atoms with Crippen molar-refractivity contribution in [2.45, 2.75) is 45.1 Å². The maximum atomic E-state index is 12.3. The van der Waals surface area contributed by atoms with Gasteiger partial charge in [-0.3, -0.25) is 0 Å². The summed E-state index contributed by atoms with van der Waals surface area (Å²) in [7, 11) is 0. The van der Waals surface area contributed by atoms with Crippen molar-refractivity contribution in [1.82, 2.24) is 5.32 Å². The monoisotopic (exact) mass is 366 g/mol. The Morgan fingerprint density at radius 2 is 1.52 bits per heavy atom. The number of amides is 4. The molecular weight excluding hydrogens is 340 g/mol. The highest BCUT2D eigenvalue weighted by Gasteiger charge is 2.16. The zero-order valence-corrected chi connectivity index (χ0v) is 15.5. The maximum Gasteiger partial charge on any atom is 0.323 e. The van der Waals surface area contributed by atoms with E-state index in [-0.39, 0.29) is 18.1 Å². The number of rotatable bonds is 4. The molecule has 1 aliphatic rings. The highest BCUT2D eigenvalue weighted by molar-refractivity contribution is 6.00. The summed E-state index contributed by atoms with van der Waals surface area (Å²) in [5, 5.41) is 11.5. The van der Waals surface area contributed by atoms with Crippen molar-refractivity contribution in [3.05, 3.63) is 54.1 Å². The molecule has 2 aromatic rings. The van der Waals surface area contributed by atoms with Gasteiger partial charge in [0.15, 0.2) is 0 Å². The second-order valence-electron chi connectivity index (χ2n) is 6.91. The van der Waals surface area contributed by atoms with E-state index in [1.54, 1.807) is 6.07 Å². The molecule has 0 saturated heterocycles. The normalized spacial score (nSPS) is 14.3. The van der Waals surface area contributed by atoms with E-state index in [4.69, 9.17) is 0 Å². The number of carbonyl (C=O) groups excluding carboxylic acids is 2. The van der Waals surface area contributed by atoms with Crippen molar-refractivity contribution in [2.75, 3.05) is 16.0 Å². The number of nitrogens with one attached hydrogen (secondary N) is 4. The fourth-order valence-corrected chi connectivity index (χ4v) is 3.24. The van der Waals surface area contributed by atoms with Crippen molar-refractivity contribution < 1.29 is 9.59 Å². The van der Waals surface area contributed by atoms with E-state index < -0.39 is 0 Å². The molecule has 1 saturated carbocycles. The minimum absolute atomic E-state index is 0.198. The Kier molecular flexibility index (Phi) is 6.30. The molecule has 0 unspecified atom stereocenters. The van der Waals surface area contributed by atoms with Crippen LogP contribution in [0.25, 0.3) is 0 Å². The van der Waals surface area contributed by atoms with Crippen molar-refractivity contribution in [3.8, 4) is 0 Å². The Labute approximate surface area is 159 Å². The molecule has 4 amide bonds. The topological polar surface area (TPSA) is 82.3 Å². The maximum absolute atomic E-state index is 12.3. The minimum atomic E-state index is -0.331. The largest absolute Gasteiger partial charge is 0.335 e. The Morgan fingerprint density at radius 1 is 0.815 bits per heavy atom. The lowest BCUT2D eigenvalue weighted by atomic mass is 9.96. The molecule has 0 heterocycles. The summed E-state index contributed by atoms with van der Waals surface area (Å²) in [4.78, 5) is 24.4. The number of aryl methyl sites for hydroxylation is 1. The van der Waals surface area contributed by atoms with Gasteiger partial charge in [0.2, 0.25) is 0 Å². The van der Waals surface area contributed by atoms with Crippen LogP contribution in [-0.2, 0) is 0 Å². The van der Waals surface area contributed by atoms with Gasteiger partial charge >= 0.3 is 12.1 Å². The third-order valence-corrected chi connectivity index (χ3v) is 4.72. The predicted octanol–water partition coefficient (Wildman–Crippen LogP) is 5.09. The lowest BCUT2D eigenvalue weighted by Crippen LogP contribution is -2.39. The van der Waals surface area contributed by atoms with Gasteiger partial charge in [-0.1, -0.05) is 43.5 Å². The molecular formula is C21H26N4O2. The summed E-state index contributed by atoms with van der Waals surface area (Å²) < 4.78 is 0. The molecule has 142 valence electrons. The molecule has 0 aliphatic heterocycles. The first kappa shape index (κ1) is 18.8. The minimum Gasteiger partial charge on any atom is -0.335 e. The van der Waals surface area contributed by atoms with Crippen molar-refractivity contribution >= 4 is 29.1 Å². The van der Waals surface area contributed by atoms with Crippen molar-refractivity contribution in [3.63, 3.8) is 0 Å². The predicted molar refractivity (Wildman–Crippen MR) is 109 cm³/mol. The SMILES string of the molecule is Cc1ccc(NC(=O)Nc2ccccc2)cc1NC(=O)NC1CCCCC1. The zero-order valence-electron chi connectivity index (χ0n) is 15.5. The van der Waals surface area contributed by atoms with Crippen LogP contribution in [0.15, 0.2) is 48.5 Å². The molecule has 0 atom stereocenters. The summed E-state index contributed by atoms with van der Waals surface area (Å²) in [6.45, 7) is 1.92. The molecule has 0 radical (unpaired) electrons. The number of benzene rings is 2. The first-order valence-electron chi connectivity index (χ1n) is 9.41. The fraction of sp³-hybridized carbons (Fsp3) is 0.333. The molecule has 6 heteroatoms. The second kappa shape index (κ2) is 9.07. The lowest BCUT2D eigenvalue weighted by Gasteiger charge is -2.23. The number of hydrogen-bond donors (Lipinski definition) is 4. The van der Waals surface area contributed by atoms with Crippen LogP contribution in [0.4, 0.5) is 26.7 Å². The first-order valence-corrected chi connectivity index (χ1v) is 9.41. The molecule has 0 aromatic heterocycles. The lowest BCUT2D eigenvalue weighted by molar-refractivity contribution is 0.244. The Morgan fingerprint density at radius 3 is 2.26 bits per heavy atom. The van der Waals surface area contributed by atoms with Gasteiger partial charge in [0.25, 0.3) is 0 Å². The van der Waals surface area contributed by atoms with E-state index in [0.717, 1.165) is 18.4 Å². The average molecular weight is 366 g/mol. The van der Waals surface area contributed by atoms with Gasteiger partial charge in [0.05, 0.1) is 0 Å². The van der Waals surface area contributed by atoms with E-state index in [1.807, 2.05) is 49.4 Å². The number of anilines is 3. The van der Waals surface area contributed by atoms with E-state index in [9.17, 15) is 9.59 Å².